The minimum Gasteiger partial charge on any atom is -0.379 e. The normalized spacial score (nSPS) is 18.6. The highest BCUT2D eigenvalue weighted by Gasteiger charge is 2.34. The van der Waals surface area contributed by atoms with Gasteiger partial charge in [0, 0.05) is 35.4 Å². The number of nitrogens with one attached hydrogen (secondary N) is 2. The Kier molecular flexibility index (Phi) is 8.51. The molecule has 3 aromatic rings. The second kappa shape index (κ2) is 11.5. The van der Waals surface area contributed by atoms with Crippen LogP contribution in [0.15, 0.2) is 42.5 Å². The number of fused-ring (bicyclic) bond motifs is 1. The number of aryl methyl sites for hydroxylation is 2. The average molecular weight is 543 g/mol. The van der Waals surface area contributed by atoms with Crippen LogP contribution < -0.4 is 10.6 Å². The Labute approximate surface area is 228 Å². The highest BCUT2D eigenvalue weighted by atomic mass is 19.4. The lowest BCUT2D eigenvalue weighted by Crippen LogP contribution is -2.54. The summed E-state index contributed by atoms with van der Waals surface area (Å²) in [6.07, 6.45) is -4.03. The summed E-state index contributed by atoms with van der Waals surface area (Å²) in [7, 11) is 0. The van der Waals surface area contributed by atoms with Gasteiger partial charge in [-0.2, -0.15) is 13.2 Å². The number of rotatable bonds is 6. The topological polar surface area (TPSA) is 32.2 Å². The Morgan fingerprint density at radius 2 is 1.82 bits per heavy atom. The molecule has 0 saturated carbocycles. The molecule has 2 atom stereocenters. The largest absolute Gasteiger partial charge is 0.406 e. The van der Waals surface area contributed by atoms with E-state index in [-0.39, 0.29) is 11.2 Å². The summed E-state index contributed by atoms with van der Waals surface area (Å²) in [5.74, 6) is 5.94. The molecule has 2 heterocycles. The standard InChI is InChI=1S/C31H38F4N4/c1-6-22-17-21(2)12-13-26(22)36-15-8-9-23-18-24-27(10-7-11-29(24)39(23)20-31(33,34)35)37-28-14-16-38(19-25(28)32)30(3,4)5/h7,10-13,17-18,25,28,36-37H,6,14-16,19-20H2,1-5H3. The van der Waals surface area contributed by atoms with Gasteiger partial charge in [-0.1, -0.05) is 36.6 Å². The van der Waals surface area contributed by atoms with Crippen molar-refractivity contribution in [1.82, 2.24) is 9.47 Å². The quantitative estimate of drug-likeness (QED) is 0.256. The molecule has 0 amide bonds. The molecule has 1 fully saturated rings. The van der Waals surface area contributed by atoms with Crippen LogP contribution in [0.2, 0.25) is 0 Å². The van der Waals surface area contributed by atoms with Gasteiger partial charge in [-0.25, -0.2) is 4.39 Å². The molecule has 2 N–H and O–H groups in total. The first kappa shape index (κ1) is 28.8. The van der Waals surface area contributed by atoms with Gasteiger partial charge < -0.3 is 15.2 Å². The van der Waals surface area contributed by atoms with Gasteiger partial charge in [-0.05, 0) is 76.3 Å². The molecule has 1 aromatic heterocycles. The van der Waals surface area contributed by atoms with E-state index in [4.69, 9.17) is 0 Å². The van der Waals surface area contributed by atoms with Crippen LogP contribution in [0.1, 0.15) is 50.9 Å². The van der Waals surface area contributed by atoms with Gasteiger partial charge in [0.15, 0.2) is 0 Å². The number of piperidine rings is 1. The van der Waals surface area contributed by atoms with Crippen LogP contribution in [0.5, 0.6) is 0 Å². The molecule has 1 saturated heterocycles. The molecule has 8 heteroatoms. The molecule has 39 heavy (non-hydrogen) atoms. The van der Waals surface area contributed by atoms with Gasteiger partial charge in [-0.15, -0.1) is 0 Å². The van der Waals surface area contributed by atoms with Crippen molar-refractivity contribution in [2.45, 2.75) is 77.9 Å². The fraction of sp³-hybridized carbons (Fsp3) is 0.484. The van der Waals surface area contributed by atoms with Crippen LogP contribution >= 0.6 is 0 Å². The Morgan fingerprint density at radius 3 is 2.49 bits per heavy atom. The van der Waals surface area contributed by atoms with E-state index in [1.807, 2.05) is 19.1 Å². The van der Waals surface area contributed by atoms with Crippen molar-refractivity contribution in [3.05, 3.63) is 59.3 Å². The first-order valence-electron chi connectivity index (χ1n) is 13.5. The Hall–Kier alpha value is -3.18. The molecular weight excluding hydrogens is 504 g/mol. The molecule has 1 aliphatic heterocycles. The zero-order valence-electron chi connectivity index (χ0n) is 23.3. The van der Waals surface area contributed by atoms with E-state index in [1.54, 1.807) is 24.3 Å². The SMILES string of the molecule is CCc1cc(C)ccc1NCC#Cc1cc2c(NC3CCN(C(C)(C)C)CC3F)cccc2n1CC(F)(F)F. The second-order valence-electron chi connectivity index (χ2n) is 11.3. The van der Waals surface area contributed by atoms with E-state index in [0.29, 0.717) is 36.1 Å². The van der Waals surface area contributed by atoms with E-state index in [1.165, 1.54) is 15.7 Å². The summed E-state index contributed by atoms with van der Waals surface area (Å²) in [5.41, 5.74) is 4.50. The maximum absolute atomic E-state index is 15.2. The van der Waals surface area contributed by atoms with Crippen LogP contribution in [-0.2, 0) is 13.0 Å². The number of benzene rings is 2. The number of likely N-dealkylation sites (tertiary alicyclic amines) is 1. The predicted molar refractivity (Wildman–Crippen MR) is 152 cm³/mol. The summed E-state index contributed by atoms with van der Waals surface area (Å²) in [6.45, 7) is 10.5. The molecule has 0 radical (unpaired) electrons. The molecule has 4 rings (SSSR count). The van der Waals surface area contributed by atoms with Crippen molar-refractivity contribution in [2.24, 2.45) is 0 Å². The molecule has 0 aliphatic carbocycles. The number of anilines is 2. The lowest BCUT2D eigenvalue weighted by atomic mass is 9.96. The fourth-order valence-electron chi connectivity index (χ4n) is 5.20. The van der Waals surface area contributed by atoms with Gasteiger partial charge >= 0.3 is 6.18 Å². The summed E-state index contributed by atoms with van der Waals surface area (Å²) in [6, 6.07) is 12.5. The molecule has 4 nitrogen and oxygen atoms in total. The first-order valence-corrected chi connectivity index (χ1v) is 13.5. The molecule has 1 aliphatic rings. The maximum Gasteiger partial charge on any atom is 0.406 e. The third kappa shape index (κ3) is 7.07. The molecule has 2 unspecified atom stereocenters. The van der Waals surface area contributed by atoms with Gasteiger partial charge in [0.1, 0.15) is 12.7 Å². The van der Waals surface area contributed by atoms with Gasteiger partial charge in [0.05, 0.1) is 23.8 Å². The number of alkyl halides is 4. The van der Waals surface area contributed by atoms with Crippen molar-refractivity contribution in [2.75, 3.05) is 30.3 Å². The average Bonchev–Trinajstić information content (AvgIpc) is 3.19. The lowest BCUT2D eigenvalue weighted by Gasteiger charge is -2.42. The predicted octanol–water partition coefficient (Wildman–Crippen LogP) is 7.16. The van der Waals surface area contributed by atoms with Crippen molar-refractivity contribution >= 4 is 22.3 Å². The fourth-order valence-corrected chi connectivity index (χ4v) is 5.20. The van der Waals surface area contributed by atoms with E-state index in [9.17, 15) is 13.2 Å². The minimum atomic E-state index is -4.41. The van der Waals surface area contributed by atoms with Crippen LogP contribution in [0.4, 0.5) is 28.9 Å². The number of hydrogen-bond donors (Lipinski definition) is 2. The van der Waals surface area contributed by atoms with Crippen molar-refractivity contribution < 1.29 is 17.6 Å². The van der Waals surface area contributed by atoms with Crippen LogP contribution in [-0.4, -0.2) is 53.0 Å². The maximum atomic E-state index is 15.2. The smallest absolute Gasteiger partial charge is 0.379 e. The molecule has 0 bridgehead atoms. The zero-order chi connectivity index (χ0) is 28.4. The van der Waals surface area contributed by atoms with E-state index >= 15 is 4.39 Å². The molecular formula is C31H38F4N4. The van der Waals surface area contributed by atoms with E-state index in [2.05, 4.69) is 61.1 Å². The molecule has 210 valence electrons. The van der Waals surface area contributed by atoms with Gasteiger partial charge in [0.2, 0.25) is 0 Å². The highest BCUT2D eigenvalue weighted by molar-refractivity contribution is 5.94. The minimum absolute atomic E-state index is 0.121. The summed E-state index contributed by atoms with van der Waals surface area (Å²) in [4.78, 5) is 2.12. The summed E-state index contributed by atoms with van der Waals surface area (Å²) in [5, 5.41) is 7.19. The van der Waals surface area contributed by atoms with Gasteiger partial charge in [-0.3, -0.25) is 4.90 Å². The van der Waals surface area contributed by atoms with E-state index in [0.717, 1.165) is 18.7 Å². The van der Waals surface area contributed by atoms with Crippen molar-refractivity contribution in [3.63, 3.8) is 0 Å². The Morgan fingerprint density at radius 1 is 1.05 bits per heavy atom. The lowest BCUT2D eigenvalue weighted by molar-refractivity contribution is -0.140. The zero-order valence-corrected chi connectivity index (χ0v) is 23.3. The Bertz CT molecular complexity index is 1360. The number of hydrogen-bond acceptors (Lipinski definition) is 3. The molecule has 0 spiro atoms. The third-order valence-corrected chi connectivity index (χ3v) is 7.34. The van der Waals surface area contributed by atoms with Crippen molar-refractivity contribution in [3.8, 4) is 11.8 Å². The Balaban J connectivity index is 1.59. The second-order valence-corrected chi connectivity index (χ2v) is 11.3. The highest BCUT2D eigenvalue weighted by Crippen LogP contribution is 2.32. The first-order chi connectivity index (χ1) is 18.4. The molecule has 2 aromatic carbocycles. The number of aromatic nitrogens is 1. The van der Waals surface area contributed by atoms with Crippen LogP contribution in [0, 0.1) is 18.8 Å². The third-order valence-electron chi connectivity index (χ3n) is 7.34. The summed E-state index contributed by atoms with van der Waals surface area (Å²) < 4.78 is 57.0. The number of nitrogens with zero attached hydrogens (tertiary/aromatic N) is 2. The van der Waals surface area contributed by atoms with Crippen LogP contribution in [0.3, 0.4) is 0 Å². The van der Waals surface area contributed by atoms with Crippen molar-refractivity contribution in [1.29, 1.82) is 0 Å². The monoisotopic (exact) mass is 542 g/mol. The van der Waals surface area contributed by atoms with Gasteiger partial charge in [0.25, 0.3) is 0 Å². The van der Waals surface area contributed by atoms with E-state index < -0.39 is 24.9 Å². The van der Waals surface area contributed by atoms with Crippen LogP contribution in [0.25, 0.3) is 10.9 Å². The summed E-state index contributed by atoms with van der Waals surface area (Å²) >= 11 is 0. The number of halogens is 4.